The van der Waals surface area contributed by atoms with E-state index in [1.54, 1.807) is 6.07 Å². The van der Waals surface area contributed by atoms with Crippen LogP contribution in [0.1, 0.15) is 17.3 Å². The Labute approximate surface area is 93.4 Å². The topological polar surface area (TPSA) is 64.6 Å². The largest absolute Gasteiger partial charge is 0.497 e. The van der Waals surface area contributed by atoms with E-state index in [1.165, 1.54) is 33.3 Å². The van der Waals surface area contributed by atoms with Gasteiger partial charge in [0.25, 0.3) is 5.91 Å². The number of imide groups is 1. The van der Waals surface area contributed by atoms with Gasteiger partial charge in [-0.25, -0.2) is 0 Å². The van der Waals surface area contributed by atoms with E-state index in [0.717, 1.165) is 0 Å². The van der Waals surface area contributed by atoms with Crippen LogP contribution in [0.25, 0.3) is 0 Å². The van der Waals surface area contributed by atoms with Gasteiger partial charge >= 0.3 is 0 Å². The molecule has 2 amide bonds. The number of benzene rings is 1. The summed E-state index contributed by atoms with van der Waals surface area (Å²) < 4.78 is 10.0. The lowest BCUT2D eigenvalue weighted by molar-refractivity contribution is -0.118. The molecular formula is C11H13NO4. The van der Waals surface area contributed by atoms with Crippen molar-refractivity contribution in [1.29, 1.82) is 0 Å². The fourth-order valence-electron chi connectivity index (χ4n) is 1.17. The van der Waals surface area contributed by atoms with Crippen LogP contribution in [0.4, 0.5) is 0 Å². The number of carbonyl (C=O) groups excluding carboxylic acids is 2. The van der Waals surface area contributed by atoms with Gasteiger partial charge in [-0.3, -0.25) is 14.9 Å². The molecule has 1 N–H and O–H groups in total. The maximum absolute atomic E-state index is 11.5. The number of carbonyl (C=O) groups is 2. The fraction of sp³-hybridized carbons (Fsp3) is 0.273. The molecule has 0 aliphatic heterocycles. The van der Waals surface area contributed by atoms with Gasteiger partial charge in [-0.15, -0.1) is 0 Å². The number of hydrogen-bond donors (Lipinski definition) is 1. The molecule has 0 saturated carbocycles. The second-order valence-corrected chi connectivity index (χ2v) is 3.11. The van der Waals surface area contributed by atoms with Crippen LogP contribution in [0.15, 0.2) is 18.2 Å². The molecule has 0 aliphatic rings. The number of ether oxygens (including phenoxy) is 2. The van der Waals surface area contributed by atoms with Crippen molar-refractivity contribution < 1.29 is 19.1 Å². The van der Waals surface area contributed by atoms with Gasteiger partial charge in [-0.1, -0.05) is 0 Å². The predicted octanol–water partition coefficient (Wildman–Crippen LogP) is 0.980. The zero-order valence-corrected chi connectivity index (χ0v) is 9.37. The molecule has 86 valence electrons. The van der Waals surface area contributed by atoms with Crippen molar-refractivity contribution in [3.8, 4) is 11.5 Å². The molecule has 0 spiro atoms. The summed E-state index contributed by atoms with van der Waals surface area (Å²) in [6, 6.07) is 4.70. The van der Waals surface area contributed by atoms with Crippen LogP contribution in [0.2, 0.25) is 0 Å². The van der Waals surface area contributed by atoms with Gasteiger partial charge in [-0.05, 0) is 12.1 Å². The van der Waals surface area contributed by atoms with E-state index in [4.69, 9.17) is 9.47 Å². The Morgan fingerprint density at radius 1 is 1.06 bits per heavy atom. The summed E-state index contributed by atoms with van der Waals surface area (Å²) in [5.74, 6) is 0.0950. The van der Waals surface area contributed by atoms with Crippen LogP contribution >= 0.6 is 0 Å². The summed E-state index contributed by atoms with van der Waals surface area (Å²) in [5.41, 5.74) is 0.311. The molecule has 0 heterocycles. The highest BCUT2D eigenvalue weighted by Crippen LogP contribution is 2.22. The quantitative estimate of drug-likeness (QED) is 0.829. The Morgan fingerprint density at radius 2 is 1.56 bits per heavy atom. The number of hydrogen-bond acceptors (Lipinski definition) is 4. The van der Waals surface area contributed by atoms with E-state index in [1.807, 2.05) is 0 Å². The summed E-state index contributed by atoms with van der Waals surface area (Å²) in [5, 5.41) is 2.17. The van der Waals surface area contributed by atoms with Gasteiger partial charge in [0.1, 0.15) is 11.5 Å². The smallest absolute Gasteiger partial charge is 0.258 e. The molecule has 5 nitrogen and oxygen atoms in total. The van der Waals surface area contributed by atoms with Crippen LogP contribution < -0.4 is 14.8 Å². The third-order valence-electron chi connectivity index (χ3n) is 1.90. The highest BCUT2D eigenvalue weighted by molar-refractivity contribution is 6.04. The maximum atomic E-state index is 11.5. The summed E-state index contributed by atoms with van der Waals surface area (Å²) in [7, 11) is 2.98. The fourth-order valence-corrected chi connectivity index (χ4v) is 1.17. The van der Waals surface area contributed by atoms with Gasteiger partial charge < -0.3 is 9.47 Å². The minimum absolute atomic E-state index is 0.311. The van der Waals surface area contributed by atoms with E-state index >= 15 is 0 Å². The lowest BCUT2D eigenvalue weighted by Gasteiger charge is -2.07. The number of amides is 2. The van der Waals surface area contributed by atoms with Gasteiger partial charge in [0, 0.05) is 18.6 Å². The molecule has 1 aromatic carbocycles. The van der Waals surface area contributed by atoms with E-state index < -0.39 is 11.8 Å². The van der Waals surface area contributed by atoms with Gasteiger partial charge in [0.15, 0.2) is 0 Å². The molecule has 0 radical (unpaired) electrons. The second kappa shape index (κ2) is 5.16. The van der Waals surface area contributed by atoms with Crippen molar-refractivity contribution in [2.75, 3.05) is 14.2 Å². The van der Waals surface area contributed by atoms with Crippen LogP contribution in [-0.2, 0) is 4.79 Å². The highest BCUT2D eigenvalue weighted by Gasteiger charge is 2.10. The molecule has 0 aromatic heterocycles. The van der Waals surface area contributed by atoms with E-state index in [0.29, 0.717) is 17.1 Å². The SMILES string of the molecule is COc1cc(OC)cc(C(=O)NC(C)=O)c1. The lowest BCUT2D eigenvalue weighted by Crippen LogP contribution is -2.27. The van der Waals surface area contributed by atoms with Crippen LogP contribution in [0.3, 0.4) is 0 Å². The molecule has 0 fully saturated rings. The second-order valence-electron chi connectivity index (χ2n) is 3.11. The molecule has 5 heteroatoms. The first-order chi connectivity index (χ1) is 7.56. The highest BCUT2D eigenvalue weighted by atomic mass is 16.5. The number of nitrogens with one attached hydrogen (secondary N) is 1. The summed E-state index contributed by atoms with van der Waals surface area (Å²) in [4.78, 5) is 22.3. The van der Waals surface area contributed by atoms with Gasteiger partial charge in [-0.2, -0.15) is 0 Å². The number of rotatable bonds is 3. The minimum atomic E-state index is -0.482. The Hall–Kier alpha value is -2.04. The molecule has 0 aliphatic carbocycles. The van der Waals surface area contributed by atoms with Crippen LogP contribution in [0.5, 0.6) is 11.5 Å². The van der Waals surface area contributed by atoms with E-state index in [-0.39, 0.29) is 0 Å². The molecular weight excluding hydrogens is 210 g/mol. The zero-order chi connectivity index (χ0) is 12.1. The molecule has 0 atom stereocenters. The van der Waals surface area contributed by atoms with Crippen molar-refractivity contribution in [3.05, 3.63) is 23.8 Å². The average molecular weight is 223 g/mol. The van der Waals surface area contributed by atoms with Crippen molar-refractivity contribution in [3.63, 3.8) is 0 Å². The molecule has 0 bridgehead atoms. The minimum Gasteiger partial charge on any atom is -0.497 e. The maximum Gasteiger partial charge on any atom is 0.258 e. The van der Waals surface area contributed by atoms with E-state index in [2.05, 4.69) is 5.32 Å². The monoisotopic (exact) mass is 223 g/mol. The van der Waals surface area contributed by atoms with Gasteiger partial charge in [0.05, 0.1) is 14.2 Å². The third-order valence-corrected chi connectivity index (χ3v) is 1.90. The Balaban J connectivity index is 3.02. The predicted molar refractivity (Wildman–Crippen MR) is 57.7 cm³/mol. The first kappa shape index (κ1) is 12.0. The summed E-state index contributed by atoms with van der Waals surface area (Å²) in [6.45, 7) is 1.27. The molecule has 1 aromatic rings. The normalized spacial score (nSPS) is 9.44. The van der Waals surface area contributed by atoms with Gasteiger partial charge in [0.2, 0.25) is 5.91 Å². The molecule has 16 heavy (non-hydrogen) atoms. The average Bonchev–Trinajstić information content (AvgIpc) is 2.27. The van der Waals surface area contributed by atoms with Crippen molar-refractivity contribution >= 4 is 11.8 Å². The number of methoxy groups -OCH3 is 2. The third kappa shape index (κ3) is 2.98. The summed E-state index contributed by atoms with van der Waals surface area (Å²) in [6.07, 6.45) is 0. The van der Waals surface area contributed by atoms with E-state index in [9.17, 15) is 9.59 Å². The Kier molecular flexibility index (Phi) is 3.88. The standard InChI is InChI=1S/C11H13NO4/c1-7(13)12-11(14)8-4-9(15-2)6-10(5-8)16-3/h4-6H,1-3H3,(H,12,13,14). The Morgan fingerprint density at radius 3 is 1.94 bits per heavy atom. The first-order valence-corrected chi connectivity index (χ1v) is 4.62. The molecule has 0 unspecified atom stereocenters. The Bertz CT molecular complexity index is 392. The lowest BCUT2D eigenvalue weighted by atomic mass is 10.2. The molecule has 1 rings (SSSR count). The first-order valence-electron chi connectivity index (χ1n) is 4.62. The van der Waals surface area contributed by atoms with Crippen LogP contribution in [-0.4, -0.2) is 26.0 Å². The summed E-state index contributed by atoms with van der Waals surface area (Å²) >= 11 is 0. The van der Waals surface area contributed by atoms with Crippen LogP contribution in [0, 0.1) is 0 Å². The molecule has 0 saturated heterocycles. The van der Waals surface area contributed by atoms with Crippen molar-refractivity contribution in [1.82, 2.24) is 5.32 Å². The van der Waals surface area contributed by atoms with Crippen molar-refractivity contribution in [2.45, 2.75) is 6.92 Å². The van der Waals surface area contributed by atoms with Crippen molar-refractivity contribution in [2.24, 2.45) is 0 Å². The zero-order valence-electron chi connectivity index (χ0n) is 9.37.